The SMILES string of the molecule is Cc1c(O)[nH]c(O)c1CC(C)c1ccccc1. The minimum atomic E-state index is 0.0535. The molecule has 2 aromatic rings. The number of aromatic nitrogens is 1. The first-order chi connectivity index (χ1) is 8.09. The summed E-state index contributed by atoms with van der Waals surface area (Å²) in [5.74, 6) is 0.427. The summed E-state index contributed by atoms with van der Waals surface area (Å²) >= 11 is 0. The molecule has 0 fully saturated rings. The van der Waals surface area contributed by atoms with Crippen LogP contribution in [0.2, 0.25) is 0 Å². The molecular weight excluding hydrogens is 214 g/mol. The van der Waals surface area contributed by atoms with E-state index in [1.165, 1.54) is 5.56 Å². The van der Waals surface area contributed by atoms with E-state index in [0.29, 0.717) is 12.3 Å². The third kappa shape index (κ3) is 2.28. The molecule has 1 unspecified atom stereocenters. The van der Waals surface area contributed by atoms with Crippen molar-refractivity contribution in [3.05, 3.63) is 47.0 Å². The molecule has 1 atom stereocenters. The molecule has 0 aliphatic rings. The fraction of sp³-hybridized carbons (Fsp3) is 0.286. The largest absolute Gasteiger partial charge is 0.494 e. The molecule has 0 spiro atoms. The van der Waals surface area contributed by atoms with Crippen molar-refractivity contribution < 1.29 is 10.2 Å². The second-order valence-electron chi connectivity index (χ2n) is 4.44. The first-order valence-electron chi connectivity index (χ1n) is 5.74. The maximum absolute atomic E-state index is 9.69. The van der Waals surface area contributed by atoms with Crippen LogP contribution in [0.1, 0.15) is 29.5 Å². The zero-order valence-electron chi connectivity index (χ0n) is 10.1. The minimum Gasteiger partial charge on any atom is -0.494 e. The molecule has 0 radical (unpaired) electrons. The maximum Gasteiger partial charge on any atom is 0.194 e. The Morgan fingerprint density at radius 3 is 2.29 bits per heavy atom. The van der Waals surface area contributed by atoms with E-state index >= 15 is 0 Å². The van der Waals surface area contributed by atoms with Gasteiger partial charge in [-0.05, 0) is 24.8 Å². The molecule has 0 aliphatic heterocycles. The van der Waals surface area contributed by atoms with Crippen molar-refractivity contribution in [3.63, 3.8) is 0 Å². The molecule has 90 valence electrons. The highest BCUT2D eigenvalue weighted by molar-refractivity contribution is 5.43. The topological polar surface area (TPSA) is 56.2 Å². The lowest BCUT2D eigenvalue weighted by Gasteiger charge is -2.11. The lowest BCUT2D eigenvalue weighted by molar-refractivity contribution is 0.421. The first-order valence-corrected chi connectivity index (χ1v) is 5.74. The van der Waals surface area contributed by atoms with Crippen LogP contribution in [-0.4, -0.2) is 15.2 Å². The van der Waals surface area contributed by atoms with Gasteiger partial charge in [0.15, 0.2) is 11.8 Å². The number of rotatable bonds is 3. The van der Waals surface area contributed by atoms with Crippen LogP contribution in [0.15, 0.2) is 30.3 Å². The van der Waals surface area contributed by atoms with Gasteiger partial charge in [0, 0.05) is 11.1 Å². The smallest absolute Gasteiger partial charge is 0.194 e. The average molecular weight is 231 g/mol. The zero-order valence-corrected chi connectivity index (χ0v) is 10.1. The van der Waals surface area contributed by atoms with E-state index in [2.05, 4.69) is 24.0 Å². The van der Waals surface area contributed by atoms with Crippen molar-refractivity contribution in [1.29, 1.82) is 0 Å². The molecule has 1 aromatic heterocycles. The summed E-state index contributed by atoms with van der Waals surface area (Å²) in [5, 5.41) is 19.2. The first kappa shape index (κ1) is 11.6. The molecule has 0 saturated carbocycles. The van der Waals surface area contributed by atoms with E-state index in [1.54, 1.807) is 6.92 Å². The van der Waals surface area contributed by atoms with Crippen LogP contribution in [0.25, 0.3) is 0 Å². The Bertz CT molecular complexity index is 502. The summed E-state index contributed by atoms with van der Waals surface area (Å²) in [6, 6.07) is 10.1. The summed E-state index contributed by atoms with van der Waals surface area (Å²) in [5.41, 5.74) is 2.75. The number of aromatic amines is 1. The van der Waals surface area contributed by atoms with Crippen LogP contribution in [0, 0.1) is 6.92 Å². The molecule has 0 aliphatic carbocycles. The van der Waals surface area contributed by atoms with Crippen molar-refractivity contribution in [1.82, 2.24) is 4.98 Å². The van der Waals surface area contributed by atoms with E-state index in [0.717, 1.165) is 11.1 Å². The van der Waals surface area contributed by atoms with Gasteiger partial charge >= 0.3 is 0 Å². The van der Waals surface area contributed by atoms with E-state index < -0.39 is 0 Å². The van der Waals surface area contributed by atoms with E-state index in [4.69, 9.17) is 0 Å². The molecule has 3 N–H and O–H groups in total. The third-order valence-corrected chi connectivity index (χ3v) is 3.21. The maximum atomic E-state index is 9.69. The fourth-order valence-corrected chi connectivity index (χ4v) is 2.06. The van der Waals surface area contributed by atoms with E-state index in [9.17, 15) is 10.2 Å². The predicted octanol–water partition coefficient (Wildman–Crippen LogP) is 3.08. The predicted molar refractivity (Wildman–Crippen MR) is 67.4 cm³/mol. The highest BCUT2D eigenvalue weighted by Crippen LogP contribution is 2.32. The molecule has 0 amide bonds. The van der Waals surface area contributed by atoms with Gasteiger partial charge in [-0.3, -0.25) is 4.98 Å². The Kier molecular flexibility index (Phi) is 3.09. The highest BCUT2D eigenvalue weighted by atomic mass is 16.3. The molecule has 2 rings (SSSR count). The van der Waals surface area contributed by atoms with Crippen LogP contribution < -0.4 is 0 Å². The van der Waals surface area contributed by atoms with Gasteiger partial charge in [-0.2, -0.15) is 0 Å². The van der Waals surface area contributed by atoms with Gasteiger partial charge in [-0.25, -0.2) is 0 Å². The molecule has 3 heteroatoms. The Morgan fingerprint density at radius 1 is 1.12 bits per heavy atom. The Hall–Kier alpha value is -1.90. The van der Waals surface area contributed by atoms with Crippen molar-refractivity contribution in [2.24, 2.45) is 0 Å². The summed E-state index contributed by atoms with van der Waals surface area (Å²) in [4.78, 5) is 2.54. The number of nitrogens with one attached hydrogen (secondary N) is 1. The average Bonchev–Trinajstić information content (AvgIpc) is 2.57. The summed E-state index contributed by atoms with van der Waals surface area (Å²) in [7, 11) is 0. The van der Waals surface area contributed by atoms with Gasteiger partial charge in [0.25, 0.3) is 0 Å². The van der Waals surface area contributed by atoms with Gasteiger partial charge < -0.3 is 10.2 Å². The van der Waals surface area contributed by atoms with E-state index in [1.807, 2.05) is 18.2 Å². The van der Waals surface area contributed by atoms with Crippen LogP contribution in [-0.2, 0) is 6.42 Å². The second kappa shape index (κ2) is 4.53. The van der Waals surface area contributed by atoms with Gasteiger partial charge in [0.2, 0.25) is 0 Å². The minimum absolute atomic E-state index is 0.0535. The quantitative estimate of drug-likeness (QED) is 0.760. The van der Waals surface area contributed by atoms with Gasteiger partial charge in [0.1, 0.15) is 0 Å². The van der Waals surface area contributed by atoms with Crippen molar-refractivity contribution in [2.45, 2.75) is 26.2 Å². The Morgan fingerprint density at radius 2 is 1.76 bits per heavy atom. The molecular formula is C14H17NO2. The summed E-state index contributed by atoms with van der Waals surface area (Å²) in [6.07, 6.45) is 0.707. The number of hydrogen-bond acceptors (Lipinski definition) is 2. The highest BCUT2D eigenvalue weighted by Gasteiger charge is 2.16. The normalized spacial score (nSPS) is 12.6. The monoisotopic (exact) mass is 231 g/mol. The van der Waals surface area contributed by atoms with Crippen molar-refractivity contribution in [2.75, 3.05) is 0 Å². The van der Waals surface area contributed by atoms with Gasteiger partial charge in [-0.15, -0.1) is 0 Å². The number of H-pyrrole nitrogens is 1. The van der Waals surface area contributed by atoms with Crippen LogP contribution in [0.4, 0.5) is 0 Å². The van der Waals surface area contributed by atoms with Gasteiger partial charge in [-0.1, -0.05) is 37.3 Å². The van der Waals surface area contributed by atoms with Crippen LogP contribution >= 0.6 is 0 Å². The van der Waals surface area contributed by atoms with Crippen molar-refractivity contribution in [3.8, 4) is 11.8 Å². The lowest BCUT2D eigenvalue weighted by Crippen LogP contribution is -1.98. The number of aromatic hydroxyl groups is 2. The standard InChI is InChI=1S/C14H17NO2/c1-9(11-6-4-3-5-7-11)8-12-10(2)13(16)15-14(12)17/h3-7,9,15-17H,8H2,1-2H3. The molecule has 1 heterocycles. The molecule has 0 bridgehead atoms. The summed E-state index contributed by atoms with van der Waals surface area (Å²) in [6.45, 7) is 3.91. The van der Waals surface area contributed by atoms with E-state index in [-0.39, 0.29) is 11.8 Å². The molecule has 0 saturated heterocycles. The Balaban J connectivity index is 2.22. The third-order valence-electron chi connectivity index (χ3n) is 3.21. The fourth-order valence-electron chi connectivity index (χ4n) is 2.06. The lowest BCUT2D eigenvalue weighted by atomic mass is 9.93. The Labute approximate surface area is 101 Å². The molecule has 17 heavy (non-hydrogen) atoms. The molecule has 1 aromatic carbocycles. The molecule has 3 nitrogen and oxygen atoms in total. The second-order valence-corrected chi connectivity index (χ2v) is 4.44. The van der Waals surface area contributed by atoms with Crippen LogP contribution in [0.5, 0.6) is 11.8 Å². The summed E-state index contributed by atoms with van der Waals surface area (Å²) < 4.78 is 0. The number of benzene rings is 1. The zero-order chi connectivity index (χ0) is 12.4. The van der Waals surface area contributed by atoms with Crippen molar-refractivity contribution >= 4 is 0 Å². The van der Waals surface area contributed by atoms with Crippen LogP contribution in [0.3, 0.4) is 0 Å². The number of hydrogen-bond donors (Lipinski definition) is 3. The van der Waals surface area contributed by atoms with Gasteiger partial charge in [0.05, 0.1) is 0 Å².